The summed E-state index contributed by atoms with van der Waals surface area (Å²) in [5.74, 6) is 0. The lowest BCUT2D eigenvalue weighted by molar-refractivity contribution is 0.257. The van der Waals surface area contributed by atoms with Crippen molar-refractivity contribution in [1.82, 2.24) is 0 Å². The number of urea groups is 1. The highest BCUT2D eigenvalue weighted by Crippen LogP contribution is 2.18. The Bertz CT molecular complexity index is 576. The van der Waals surface area contributed by atoms with Gasteiger partial charge >= 0.3 is 6.03 Å². The Morgan fingerprint density at radius 1 is 1.10 bits per heavy atom. The number of carbonyl (C=O) groups excluding carboxylic acids is 1. The van der Waals surface area contributed by atoms with Gasteiger partial charge < -0.3 is 11.1 Å². The van der Waals surface area contributed by atoms with E-state index in [2.05, 4.69) is 5.32 Å². The summed E-state index contributed by atoms with van der Waals surface area (Å²) in [6.45, 7) is 4.53. The van der Waals surface area contributed by atoms with Crippen LogP contribution in [0, 0.1) is 6.92 Å². The number of carbonyl (C=O) groups is 1. The van der Waals surface area contributed by atoms with Gasteiger partial charge in [0.2, 0.25) is 0 Å². The maximum absolute atomic E-state index is 12.3. The second-order valence-corrected chi connectivity index (χ2v) is 4.63. The van der Waals surface area contributed by atoms with Gasteiger partial charge in [0, 0.05) is 23.6 Å². The van der Waals surface area contributed by atoms with Crippen molar-refractivity contribution in [3.8, 4) is 0 Å². The summed E-state index contributed by atoms with van der Waals surface area (Å²) in [6.07, 6.45) is 0. The molecular formula is C16H19N3O. The highest BCUT2D eigenvalue weighted by Gasteiger charge is 2.13. The first-order valence-corrected chi connectivity index (χ1v) is 6.61. The second kappa shape index (κ2) is 6.10. The lowest BCUT2D eigenvalue weighted by Crippen LogP contribution is -2.34. The van der Waals surface area contributed by atoms with Gasteiger partial charge in [0.15, 0.2) is 0 Å². The summed E-state index contributed by atoms with van der Waals surface area (Å²) in [4.78, 5) is 14.0. The first kappa shape index (κ1) is 13.9. The van der Waals surface area contributed by atoms with Crippen LogP contribution in [-0.4, -0.2) is 12.6 Å². The Labute approximate surface area is 119 Å². The highest BCUT2D eigenvalue weighted by atomic mass is 16.2. The molecule has 2 aromatic rings. The number of nitrogens with two attached hydrogens (primary N) is 1. The number of benzene rings is 2. The predicted molar refractivity (Wildman–Crippen MR) is 84.1 cm³/mol. The lowest BCUT2D eigenvalue weighted by Gasteiger charge is -2.21. The van der Waals surface area contributed by atoms with Gasteiger partial charge in [-0.05, 0) is 50.2 Å². The van der Waals surface area contributed by atoms with E-state index in [9.17, 15) is 4.79 Å². The second-order valence-electron chi connectivity index (χ2n) is 4.63. The van der Waals surface area contributed by atoms with E-state index in [1.807, 2.05) is 50.2 Å². The minimum Gasteiger partial charge on any atom is -0.399 e. The van der Waals surface area contributed by atoms with Gasteiger partial charge in [0.05, 0.1) is 0 Å². The monoisotopic (exact) mass is 269 g/mol. The summed E-state index contributed by atoms with van der Waals surface area (Å²) in [5.41, 5.74) is 9.12. The van der Waals surface area contributed by atoms with E-state index < -0.39 is 0 Å². The van der Waals surface area contributed by atoms with Gasteiger partial charge in [0.25, 0.3) is 0 Å². The van der Waals surface area contributed by atoms with Gasteiger partial charge in [0.1, 0.15) is 0 Å². The van der Waals surface area contributed by atoms with Crippen LogP contribution < -0.4 is 16.0 Å². The molecule has 0 unspecified atom stereocenters. The van der Waals surface area contributed by atoms with Crippen molar-refractivity contribution >= 4 is 23.1 Å². The number of rotatable bonds is 3. The summed E-state index contributed by atoms with van der Waals surface area (Å²) < 4.78 is 0. The van der Waals surface area contributed by atoms with E-state index in [1.54, 1.807) is 17.0 Å². The molecule has 3 N–H and O–H groups in total. The molecule has 4 nitrogen and oxygen atoms in total. The number of hydrogen-bond acceptors (Lipinski definition) is 2. The smallest absolute Gasteiger partial charge is 0.326 e. The molecule has 0 atom stereocenters. The molecule has 0 heterocycles. The molecule has 0 spiro atoms. The molecular weight excluding hydrogens is 250 g/mol. The number of aryl methyl sites for hydroxylation is 1. The lowest BCUT2D eigenvalue weighted by atomic mass is 10.2. The quantitative estimate of drug-likeness (QED) is 0.836. The van der Waals surface area contributed by atoms with Crippen molar-refractivity contribution in [3.63, 3.8) is 0 Å². The molecule has 0 saturated carbocycles. The molecule has 0 radical (unpaired) electrons. The molecule has 104 valence electrons. The summed E-state index contributed by atoms with van der Waals surface area (Å²) >= 11 is 0. The zero-order chi connectivity index (χ0) is 14.5. The largest absolute Gasteiger partial charge is 0.399 e. The maximum Gasteiger partial charge on any atom is 0.326 e. The average Bonchev–Trinajstić information content (AvgIpc) is 2.44. The third kappa shape index (κ3) is 3.29. The molecule has 2 rings (SSSR count). The minimum absolute atomic E-state index is 0.152. The molecule has 0 aliphatic rings. The Balaban J connectivity index is 2.13. The van der Waals surface area contributed by atoms with Gasteiger partial charge in [-0.2, -0.15) is 0 Å². The molecule has 0 bridgehead atoms. The fourth-order valence-electron chi connectivity index (χ4n) is 1.93. The van der Waals surface area contributed by atoms with Crippen molar-refractivity contribution in [2.75, 3.05) is 22.5 Å². The first-order valence-electron chi connectivity index (χ1n) is 6.61. The normalized spacial score (nSPS) is 10.1. The molecule has 2 aromatic carbocycles. The molecule has 4 heteroatoms. The third-order valence-electron chi connectivity index (χ3n) is 3.07. The summed E-state index contributed by atoms with van der Waals surface area (Å²) in [5, 5.41) is 2.89. The maximum atomic E-state index is 12.3. The van der Waals surface area contributed by atoms with E-state index in [-0.39, 0.29) is 6.03 Å². The van der Waals surface area contributed by atoms with Crippen LogP contribution >= 0.6 is 0 Å². The van der Waals surface area contributed by atoms with Crippen molar-refractivity contribution in [2.45, 2.75) is 13.8 Å². The minimum atomic E-state index is -0.152. The molecule has 0 fully saturated rings. The molecule has 20 heavy (non-hydrogen) atoms. The van der Waals surface area contributed by atoms with Gasteiger partial charge in [-0.15, -0.1) is 0 Å². The van der Waals surface area contributed by atoms with E-state index in [0.717, 1.165) is 16.9 Å². The van der Waals surface area contributed by atoms with Crippen molar-refractivity contribution in [1.29, 1.82) is 0 Å². The number of anilines is 3. The Morgan fingerprint density at radius 3 is 2.25 bits per heavy atom. The van der Waals surface area contributed by atoms with E-state index >= 15 is 0 Å². The van der Waals surface area contributed by atoms with Crippen LogP contribution in [-0.2, 0) is 0 Å². The standard InChI is InChI=1S/C16H19N3O/c1-3-19(15-10-6-13(17)7-11-15)16(20)18-14-8-4-12(2)5-9-14/h4-11H,3,17H2,1-2H3,(H,18,20). The fraction of sp³-hybridized carbons (Fsp3) is 0.188. The van der Waals surface area contributed by atoms with Crippen molar-refractivity contribution in [2.24, 2.45) is 0 Å². The third-order valence-corrected chi connectivity index (χ3v) is 3.07. The zero-order valence-corrected chi connectivity index (χ0v) is 11.8. The van der Waals surface area contributed by atoms with Crippen LogP contribution in [0.15, 0.2) is 48.5 Å². The predicted octanol–water partition coefficient (Wildman–Crippen LogP) is 3.64. The van der Waals surface area contributed by atoms with Crippen LogP contribution in [0.1, 0.15) is 12.5 Å². The molecule has 0 aliphatic heterocycles. The number of nitrogens with zero attached hydrogens (tertiary/aromatic N) is 1. The van der Waals surface area contributed by atoms with Gasteiger partial charge in [-0.3, -0.25) is 4.90 Å². The van der Waals surface area contributed by atoms with Crippen LogP contribution in [0.4, 0.5) is 21.9 Å². The van der Waals surface area contributed by atoms with Gasteiger partial charge in [-0.1, -0.05) is 17.7 Å². The van der Waals surface area contributed by atoms with Crippen LogP contribution in [0.5, 0.6) is 0 Å². The van der Waals surface area contributed by atoms with Crippen molar-refractivity contribution in [3.05, 3.63) is 54.1 Å². The first-order chi connectivity index (χ1) is 9.60. The summed E-state index contributed by atoms with van der Waals surface area (Å²) in [7, 11) is 0. The summed E-state index contributed by atoms with van der Waals surface area (Å²) in [6, 6.07) is 14.8. The zero-order valence-electron chi connectivity index (χ0n) is 11.8. The van der Waals surface area contributed by atoms with E-state index in [0.29, 0.717) is 12.2 Å². The van der Waals surface area contributed by atoms with Crippen LogP contribution in [0.3, 0.4) is 0 Å². The van der Waals surface area contributed by atoms with E-state index in [1.165, 1.54) is 0 Å². The van der Waals surface area contributed by atoms with Gasteiger partial charge in [-0.25, -0.2) is 4.79 Å². The number of nitrogens with one attached hydrogen (secondary N) is 1. The molecule has 0 saturated heterocycles. The molecule has 2 amide bonds. The van der Waals surface area contributed by atoms with Crippen LogP contribution in [0.2, 0.25) is 0 Å². The molecule has 0 aromatic heterocycles. The number of nitrogen functional groups attached to an aromatic ring is 1. The SMILES string of the molecule is CCN(C(=O)Nc1ccc(C)cc1)c1ccc(N)cc1. The topological polar surface area (TPSA) is 58.4 Å². The number of amides is 2. The van der Waals surface area contributed by atoms with Crippen molar-refractivity contribution < 1.29 is 4.79 Å². The highest BCUT2D eigenvalue weighted by molar-refractivity contribution is 6.01. The number of hydrogen-bond donors (Lipinski definition) is 2. The Kier molecular flexibility index (Phi) is 4.25. The van der Waals surface area contributed by atoms with Crippen LogP contribution in [0.25, 0.3) is 0 Å². The van der Waals surface area contributed by atoms with E-state index in [4.69, 9.17) is 5.73 Å². The molecule has 0 aliphatic carbocycles. The Morgan fingerprint density at radius 2 is 1.70 bits per heavy atom. The average molecular weight is 269 g/mol. The fourth-order valence-corrected chi connectivity index (χ4v) is 1.93. The Hall–Kier alpha value is -2.49.